The van der Waals surface area contributed by atoms with Gasteiger partial charge in [0.2, 0.25) is 0 Å². The minimum atomic E-state index is -0.0432. The summed E-state index contributed by atoms with van der Waals surface area (Å²) in [5.74, 6) is 1.31. The maximum absolute atomic E-state index is 12.3. The highest BCUT2D eigenvalue weighted by Crippen LogP contribution is 2.29. The molecule has 106 valence electrons. The van der Waals surface area contributed by atoms with E-state index < -0.39 is 0 Å². The van der Waals surface area contributed by atoms with Crippen LogP contribution >= 0.6 is 15.9 Å². The van der Waals surface area contributed by atoms with Crippen molar-refractivity contribution in [2.24, 2.45) is 11.8 Å². The van der Waals surface area contributed by atoms with Gasteiger partial charge in [0.05, 0.1) is 17.9 Å². The van der Waals surface area contributed by atoms with E-state index in [0.29, 0.717) is 16.3 Å². The van der Waals surface area contributed by atoms with E-state index in [4.69, 9.17) is 0 Å². The van der Waals surface area contributed by atoms with Crippen LogP contribution in [0.4, 0.5) is 5.69 Å². The normalized spacial score (nSPS) is 24.0. The molecular weight excluding hydrogens is 306 g/mol. The van der Waals surface area contributed by atoms with Crippen LogP contribution in [0.25, 0.3) is 0 Å². The van der Waals surface area contributed by atoms with E-state index in [2.05, 4.69) is 39.8 Å². The Morgan fingerprint density at radius 1 is 1.32 bits per heavy atom. The molecule has 0 saturated carbocycles. The molecule has 1 aromatic heterocycles. The Kier molecular flexibility index (Phi) is 4.33. The van der Waals surface area contributed by atoms with Gasteiger partial charge in [-0.15, -0.1) is 0 Å². The molecule has 0 N–H and O–H groups in total. The van der Waals surface area contributed by atoms with Crippen molar-refractivity contribution < 1.29 is 0 Å². The molecule has 19 heavy (non-hydrogen) atoms. The van der Waals surface area contributed by atoms with E-state index in [1.165, 1.54) is 11.1 Å². The van der Waals surface area contributed by atoms with Crippen LogP contribution in [-0.4, -0.2) is 22.9 Å². The topological polar surface area (TPSA) is 38.1 Å². The molecule has 1 aliphatic rings. The number of hydrogen-bond acceptors (Lipinski definition) is 3. The lowest BCUT2D eigenvalue weighted by Gasteiger charge is -2.36. The fourth-order valence-electron chi connectivity index (χ4n) is 2.88. The molecular formula is C14H22BrN3O. The molecule has 0 bridgehead atoms. The summed E-state index contributed by atoms with van der Waals surface area (Å²) in [7, 11) is 0. The highest BCUT2D eigenvalue weighted by atomic mass is 79.9. The van der Waals surface area contributed by atoms with Gasteiger partial charge in [-0.05, 0) is 48.0 Å². The Morgan fingerprint density at radius 3 is 2.42 bits per heavy atom. The average Bonchev–Trinajstić information content (AvgIpc) is 2.30. The quantitative estimate of drug-likeness (QED) is 0.837. The zero-order chi connectivity index (χ0) is 14.2. The van der Waals surface area contributed by atoms with E-state index in [-0.39, 0.29) is 11.6 Å². The first-order chi connectivity index (χ1) is 8.90. The van der Waals surface area contributed by atoms with Gasteiger partial charge < -0.3 is 4.90 Å². The summed E-state index contributed by atoms with van der Waals surface area (Å²) in [5, 5.41) is 4.30. The van der Waals surface area contributed by atoms with Crippen molar-refractivity contribution in [1.29, 1.82) is 0 Å². The van der Waals surface area contributed by atoms with Crippen molar-refractivity contribution in [3.8, 4) is 0 Å². The Labute approximate surface area is 122 Å². The predicted octanol–water partition coefficient (Wildman–Crippen LogP) is 3.07. The average molecular weight is 328 g/mol. The molecule has 2 unspecified atom stereocenters. The monoisotopic (exact) mass is 327 g/mol. The van der Waals surface area contributed by atoms with Gasteiger partial charge in [-0.1, -0.05) is 13.8 Å². The molecule has 2 heterocycles. The number of halogens is 1. The summed E-state index contributed by atoms with van der Waals surface area (Å²) in [6.07, 6.45) is 3.07. The van der Waals surface area contributed by atoms with Gasteiger partial charge in [-0.2, -0.15) is 5.10 Å². The number of rotatable bonds is 2. The largest absolute Gasteiger partial charge is 0.369 e. The molecule has 0 radical (unpaired) electrons. The van der Waals surface area contributed by atoms with Crippen molar-refractivity contribution in [3.63, 3.8) is 0 Å². The van der Waals surface area contributed by atoms with Gasteiger partial charge >= 0.3 is 0 Å². The second kappa shape index (κ2) is 5.65. The van der Waals surface area contributed by atoms with Gasteiger partial charge in [0.1, 0.15) is 4.47 Å². The van der Waals surface area contributed by atoms with E-state index in [9.17, 15) is 4.79 Å². The van der Waals surface area contributed by atoms with Gasteiger partial charge in [-0.25, -0.2) is 4.68 Å². The molecule has 0 aliphatic carbocycles. The minimum Gasteiger partial charge on any atom is -0.369 e. The first-order valence-corrected chi connectivity index (χ1v) is 7.71. The third-order valence-electron chi connectivity index (χ3n) is 3.62. The van der Waals surface area contributed by atoms with E-state index >= 15 is 0 Å². The lowest BCUT2D eigenvalue weighted by Crippen LogP contribution is -2.40. The molecule has 2 rings (SSSR count). The van der Waals surface area contributed by atoms with Crippen LogP contribution < -0.4 is 10.5 Å². The fourth-order valence-corrected chi connectivity index (χ4v) is 3.42. The molecule has 0 aromatic carbocycles. The molecule has 0 amide bonds. The molecule has 1 fully saturated rings. The second-order valence-electron chi connectivity index (χ2n) is 6.04. The van der Waals surface area contributed by atoms with Crippen molar-refractivity contribution in [2.75, 3.05) is 18.0 Å². The fraction of sp³-hybridized carbons (Fsp3) is 0.714. The maximum Gasteiger partial charge on any atom is 0.283 e. The van der Waals surface area contributed by atoms with Crippen LogP contribution in [0, 0.1) is 11.8 Å². The molecule has 1 aliphatic heterocycles. The smallest absolute Gasteiger partial charge is 0.283 e. The summed E-state index contributed by atoms with van der Waals surface area (Å²) in [6.45, 7) is 10.4. The molecule has 1 saturated heterocycles. The number of piperidine rings is 1. The molecule has 5 heteroatoms. The summed E-state index contributed by atoms with van der Waals surface area (Å²) in [6, 6.07) is 0.0806. The van der Waals surface area contributed by atoms with E-state index in [0.717, 1.165) is 18.8 Å². The first-order valence-electron chi connectivity index (χ1n) is 6.92. The van der Waals surface area contributed by atoms with Crippen molar-refractivity contribution in [3.05, 3.63) is 21.0 Å². The maximum atomic E-state index is 12.3. The van der Waals surface area contributed by atoms with Crippen LogP contribution in [0.15, 0.2) is 15.5 Å². The van der Waals surface area contributed by atoms with Gasteiger partial charge in [0.25, 0.3) is 5.56 Å². The second-order valence-corrected chi connectivity index (χ2v) is 6.83. The van der Waals surface area contributed by atoms with Crippen LogP contribution in [0.1, 0.15) is 40.2 Å². The van der Waals surface area contributed by atoms with Gasteiger partial charge in [0, 0.05) is 13.1 Å². The van der Waals surface area contributed by atoms with Gasteiger partial charge in [-0.3, -0.25) is 4.79 Å². The summed E-state index contributed by atoms with van der Waals surface area (Å²) in [5.41, 5.74) is 0.888. The number of nitrogens with zero attached hydrogens (tertiary/aromatic N) is 3. The van der Waals surface area contributed by atoms with Crippen molar-refractivity contribution in [2.45, 2.75) is 40.2 Å². The number of aromatic nitrogens is 2. The predicted molar refractivity (Wildman–Crippen MR) is 81.7 cm³/mol. The summed E-state index contributed by atoms with van der Waals surface area (Å²) < 4.78 is 2.15. The lowest BCUT2D eigenvalue weighted by molar-refractivity contribution is 0.355. The van der Waals surface area contributed by atoms with Crippen molar-refractivity contribution >= 4 is 21.6 Å². The van der Waals surface area contributed by atoms with Crippen LogP contribution in [0.3, 0.4) is 0 Å². The highest BCUT2D eigenvalue weighted by molar-refractivity contribution is 9.10. The number of hydrogen-bond donors (Lipinski definition) is 0. The van der Waals surface area contributed by atoms with Crippen LogP contribution in [0.5, 0.6) is 0 Å². The summed E-state index contributed by atoms with van der Waals surface area (Å²) in [4.78, 5) is 14.5. The molecule has 4 nitrogen and oxygen atoms in total. The SMILES string of the molecule is CC1CC(C)CN(c2cnn(C(C)C)c(=O)c2Br)C1. The third kappa shape index (κ3) is 3.02. The Morgan fingerprint density at radius 2 is 1.89 bits per heavy atom. The Balaban J connectivity index is 2.36. The minimum absolute atomic E-state index is 0.0432. The van der Waals surface area contributed by atoms with Crippen LogP contribution in [-0.2, 0) is 0 Å². The third-order valence-corrected chi connectivity index (χ3v) is 4.37. The Hall–Kier alpha value is -0.840. The van der Waals surface area contributed by atoms with Crippen LogP contribution in [0.2, 0.25) is 0 Å². The van der Waals surface area contributed by atoms with Gasteiger partial charge in [0.15, 0.2) is 0 Å². The lowest BCUT2D eigenvalue weighted by atomic mass is 9.92. The standard InChI is InChI=1S/C14H22BrN3O/c1-9(2)18-14(19)13(15)12(6-16-18)17-7-10(3)5-11(4)8-17/h6,9-11H,5,7-8H2,1-4H3. The highest BCUT2D eigenvalue weighted by Gasteiger charge is 2.24. The molecule has 2 atom stereocenters. The molecule has 0 spiro atoms. The first kappa shape index (κ1) is 14.6. The zero-order valence-electron chi connectivity index (χ0n) is 12.1. The molecule has 1 aromatic rings. The Bertz CT molecular complexity index is 502. The van der Waals surface area contributed by atoms with E-state index in [1.807, 2.05) is 20.0 Å². The summed E-state index contributed by atoms with van der Waals surface area (Å²) >= 11 is 3.46. The van der Waals surface area contributed by atoms with Crippen molar-refractivity contribution in [1.82, 2.24) is 9.78 Å². The number of anilines is 1. The van der Waals surface area contributed by atoms with E-state index in [1.54, 1.807) is 0 Å². The zero-order valence-corrected chi connectivity index (χ0v) is 13.6.